The van der Waals surface area contributed by atoms with E-state index in [1.807, 2.05) is 60.7 Å². The minimum Gasteiger partial charge on any atom is -0.456 e. The normalized spacial score (nSPS) is 11.8. The van der Waals surface area contributed by atoms with E-state index in [9.17, 15) is 0 Å². The number of aromatic nitrogens is 6. The molecule has 0 spiro atoms. The second-order valence-electron chi connectivity index (χ2n) is 35.6. The van der Waals surface area contributed by atoms with Crippen molar-refractivity contribution in [1.82, 2.24) is 29.9 Å². The molecule has 29 aromatic rings. The van der Waals surface area contributed by atoms with Gasteiger partial charge in [-0.3, -0.25) is 0 Å². The predicted octanol–water partition coefficient (Wildman–Crippen LogP) is 35.1. The summed E-state index contributed by atoms with van der Waals surface area (Å²) in [5.41, 5.74) is 23.2. The second kappa shape index (κ2) is 32.3. The van der Waals surface area contributed by atoms with Gasteiger partial charge in [0.15, 0.2) is 0 Å². The van der Waals surface area contributed by atoms with E-state index in [-0.39, 0.29) is 0 Å². The van der Waals surface area contributed by atoms with Crippen LogP contribution in [0, 0.1) is 0 Å². The van der Waals surface area contributed by atoms with Gasteiger partial charge in [0.25, 0.3) is 0 Å². The topological polar surface area (TPSA) is 90.5 Å². The molecule has 634 valence electrons. The minimum atomic E-state index is 0.843. The first-order chi connectivity index (χ1) is 67.9. The lowest BCUT2D eigenvalue weighted by atomic mass is 9.88. The average molecular weight is 1740 g/mol. The van der Waals surface area contributed by atoms with Crippen molar-refractivity contribution in [3.05, 3.63) is 473 Å². The van der Waals surface area contributed by atoms with Gasteiger partial charge in [-0.25, -0.2) is 29.9 Å². The highest BCUT2D eigenvalue weighted by Gasteiger charge is 2.26. The Balaban J connectivity index is 0.000000104. The van der Waals surface area contributed by atoms with Crippen molar-refractivity contribution >= 4 is 195 Å². The molecule has 0 aliphatic carbocycles. The van der Waals surface area contributed by atoms with E-state index in [1.54, 1.807) is 0 Å². The molecular weight excluding hydrogens is 1660 g/mol. The molecule has 25 aromatic carbocycles. The van der Waals surface area contributed by atoms with Crippen LogP contribution in [0.25, 0.3) is 285 Å². The number of nitrogens with zero attached hydrogens (tertiary/aromatic N) is 6. The third-order valence-corrected chi connectivity index (χ3v) is 27.8. The van der Waals surface area contributed by atoms with Gasteiger partial charge in [-0.05, 0) is 235 Å². The third kappa shape index (κ3) is 13.3. The zero-order valence-corrected chi connectivity index (χ0v) is 74.1. The molecule has 0 aliphatic heterocycles. The van der Waals surface area contributed by atoms with Crippen LogP contribution in [0.1, 0.15) is 0 Å². The fourth-order valence-electron chi connectivity index (χ4n) is 21.5. The lowest BCUT2D eigenvalue weighted by molar-refractivity contribution is 0.669. The summed E-state index contributed by atoms with van der Waals surface area (Å²) in [7, 11) is 0. The number of furan rings is 1. The van der Waals surface area contributed by atoms with E-state index in [2.05, 4.69) is 413 Å². The third-order valence-electron chi connectivity index (χ3n) is 27.8. The minimum absolute atomic E-state index is 0.843. The Morgan fingerprint density at radius 2 is 0.467 bits per heavy atom. The van der Waals surface area contributed by atoms with Crippen molar-refractivity contribution in [2.24, 2.45) is 0 Å². The molecule has 4 aromatic heterocycles. The molecule has 137 heavy (non-hydrogen) atoms. The molecule has 0 atom stereocenters. The van der Waals surface area contributed by atoms with E-state index in [0.717, 1.165) is 139 Å². The molecule has 0 fully saturated rings. The molecule has 0 aliphatic rings. The summed E-state index contributed by atoms with van der Waals surface area (Å²) in [5, 5.41) is 34.5. The zero-order chi connectivity index (χ0) is 90.1. The molecule has 0 amide bonds. The van der Waals surface area contributed by atoms with E-state index < -0.39 is 0 Å². The SMILES string of the molecule is c1ccc(-c2nc3cc(-c4cc5ccccc5c5c4ccc4c6ccccc6ccc45)ccc3nc2-c2ccc3ccccc3c2)cc1.c1ccc(-c2nc3ccc(-c4cc5ccc6ccccc6c5c5ccc6ccccc6c45)cc3nc2-c2ccccc2)cc1.c1ccc2c(c1)ccc1c2ccc2c(-c3nc4ccccc4nc3-c3cccc4oc5ccccc5c34)cc3ccccc3c21. The summed E-state index contributed by atoms with van der Waals surface area (Å²) in [6.07, 6.45) is 0. The Kier molecular flexibility index (Phi) is 18.5. The maximum atomic E-state index is 6.31. The van der Waals surface area contributed by atoms with Crippen LogP contribution in [0.2, 0.25) is 0 Å². The van der Waals surface area contributed by atoms with Gasteiger partial charge < -0.3 is 4.42 Å². The van der Waals surface area contributed by atoms with Gasteiger partial charge in [0, 0.05) is 44.2 Å². The van der Waals surface area contributed by atoms with Crippen molar-refractivity contribution in [1.29, 1.82) is 0 Å². The van der Waals surface area contributed by atoms with Crippen LogP contribution in [0.15, 0.2) is 478 Å². The Morgan fingerprint density at radius 1 is 0.124 bits per heavy atom. The molecule has 0 radical (unpaired) electrons. The van der Waals surface area contributed by atoms with Crippen molar-refractivity contribution < 1.29 is 4.42 Å². The molecule has 7 nitrogen and oxygen atoms in total. The van der Waals surface area contributed by atoms with Crippen molar-refractivity contribution in [3.63, 3.8) is 0 Å². The monoisotopic (exact) mass is 1740 g/mol. The predicted molar refractivity (Wildman–Crippen MR) is 577 cm³/mol. The lowest BCUT2D eigenvalue weighted by Crippen LogP contribution is -1.97. The van der Waals surface area contributed by atoms with Gasteiger partial charge in [0.05, 0.1) is 67.3 Å². The molecule has 0 unspecified atom stereocenters. The zero-order valence-electron chi connectivity index (χ0n) is 74.1. The Bertz CT molecular complexity index is 10100. The molecule has 7 heteroatoms. The van der Waals surface area contributed by atoms with Crippen molar-refractivity contribution in [3.8, 4) is 89.8 Å². The quantitative estimate of drug-likeness (QED) is 0.140. The smallest absolute Gasteiger partial charge is 0.136 e. The van der Waals surface area contributed by atoms with E-state index in [0.29, 0.717) is 0 Å². The van der Waals surface area contributed by atoms with Crippen LogP contribution in [-0.4, -0.2) is 29.9 Å². The number of fused-ring (bicyclic) bond motifs is 28. The van der Waals surface area contributed by atoms with Gasteiger partial charge in [0.1, 0.15) is 11.2 Å². The summed E-state index contributed by atoms with van der Waals surface area (Å²) >= 11 is 0. The lowest BCUT2D eigenvalue weighted by Gasteiger charge is -2.17. The van der Waals surface area contributed by atoms with Crippen molar-refractivity contribution in [2.75, 3.05) is 0 Å². The highest BCUT2D eigenvalue weighted by atomic mass is 16.3. The Hall–Kier alpha value is -18.3. The van der Waals surface area contributed by atoms with Crippen LogP contribution in [0.4, 0.5) is 0 Å². The number of hydrogen-bond acceptors (Lipinski definition) is 7. The van der Waals surface area contributed by atoms with Crippen LogP contribution in [0.5, 0.6) is 0 Å². The fourth-order valence-corrected chi connectivity index (χ4v) is 21.5. The van der Waals surface area contributed by atoms with E-state index in [4.69, 9.17) is 34.3 Å². The van der Waals surface area contributed by atoms with E-state index >= 15 is 0 Å². The molecule has 0 saturated carbocycles. The number of hydrogen-bond donors (Lipinski definition) is 0. The number of benzene rings is 25. The average Bonchev–Trinajstić information content (AvgIpc) is 1.42. The van der Waals surface area contributed by atoms with Crippen LogP contribution in [-0.2, 0) is 0 Å². The second-order valence-corrected chi connectivity index (χ2v) is 35.6. The van der Waals surface area contributed by atoms with Gasteiger partial charge in [-0.2, -0.15) is 0 Å². The largest absolute Gasteiger partial charge is 0.456 e. The summed E-state index contributed by atoms with van der Waals surface area (Å²) in [5.74, 6) is 0. The van der Waals surface area contributed by atoms with Crippen LogP contribution in [0.3, 0.4) is 0 Å². The van der Waals surface area contributed by atoms with Gasteiger partial charge in [0.2, 0.25) is 0 Å². The highest BCUT2D eigenvalue weighted by molar-refractivity contribution is 6.32. The fraction of sp³-hybridized carbons (Fsp3) is 0. The summed E-state index contributed by atoms with van der Waals surface area (Å²) in [6.45, 7) is 0. The molecule has 4 heterocycles. The van der Waals surface area contributed by atoms with Crippen molar-refractivity contribution in [2.45, 2.75) is 0 Å². The summed E-state index contributed by atoms with van der Waals surface area (Å²) in [4.78, 5) is 31.8. The molecular formula is C130H78N6O. The first-order valence-electron chi connectivity index (χ1n) is 46.7. The maximum absolute atomic E-state index is 6.31. The summed E-state index contributed by atoms with van der Waals surface area (Å²) < 4.78 is 6.31. The Labute approximate surface area is 786 Å². The summed E-state index contributed by atoms with van der Waals surface area (Å²) in [6, 6.07) is 168. The number of para-hydroxylation sites is 3. The van der Waals surface area contributed by atoms with Gasteiger partial charge in [-0.1, -0.05) is 400 Å². The van der Waals surface area contributed by atoms with E-state index in [1.165, 1.54) is 146 Å². The van der Waals surface area contributed by atoms with Crippen LogP contribution < -0.4 is 0 Å². The van der Waals surface area contributed by atoms with Crippen LogP contribution >= 0.6 is 0 Å². The van der Waals surface area contributed by atoms with Gasteiger partial charge >= 0.3 is 0 Å². The standard InChI is InChI=1S/C46H28N2.C42H24N2O.C42H26N2/c1-2-12-31(13-3-1)45-46(35-19-18-29-10-4-5-14-32(29)26-35)47-42-25-21-34(28-43(42)48-45)41-27-33-15-7-9-17-37(33)44-39-22-20-30-11-6-8-16-36(30)38(39)23-24-40(41)44;1-3-12-27-25(10-1)20-21-30-29(27)22-23-31-34(24-26-11-2-4-13-28(26)39(30)31)42-41(43-35-16-6-7-17-36(35)44-42)33-15-9-19-38-40(33)32-14-5-8-18-37(32)45-38;1-3-13-29(14-4-1)41-42(30-15-5-2-6-16-30)44-38-26-31(22-24-37(38)43-41)36-25-32-20-19-27-11-7-9-17-33(27)39(32)35-23-21-28-12-8-10-18-34(28)40(35)36/h1-28H;1-24H;1-26H. The molecule has 29 rings (SSSR count). The van der Waals surface area contributed by atoms with Gasteiger partial charge in [-0.15, -0.1) is 0 Å². The molecule has 0 bridgehead atoms. The first kappa shape index (κ1) is 78.5. The maximum Gasteiger partial charge on any atom is 0.136 e. The molecule has 0 saturated heterocycles. The highest BCUT2D eigenvalue weighted by Crippen LogP contribution is 2.49. The Morgan fingerprint density at radius 3 is 1.02 bits per heavy atom. The first-order valence-corrected chi connectivity index (χ1v) is 46.7. The number of rotatable bonds is 8. The molecule has 0 N–H and O–H groups in total.